The third-order valence-electron chi connectivity index (χ3n) is 7.18. The van der Waals surface area contributed by atoms with Crippen molar-refractivity contribution < 1.29 is 24.2 Å². The zero-order valence-corrected chi connectivity index (χ0v) is 20.5. The lowest BCUT2D eigenvalue weighted by molar-refractivity contribution is -0.145. The number of likely N-dealkylation sites (tertiary alicyclic amines) is 1. The van der Waals surface area contributed by atoms with Crippen LogP contribution >= 0.6 is 0 Å². The predicted octanol–water partition coefficient (Wildman–Crippen LogP) is 4.80. The number of fused-ring (bicyclic) bond motifs is 3. The highest BCUT2D eigenvalue weighted by Crippen LogP contribution is 2.44. The Balaban J connectivity index is 1.33. The molecule has 1 fully saturated rings. The van der Waals surface area contributed by atoms with Crippen LogP contribution in [-0.2, 0) is 14.3 Å². The van der Waals surface area contributed by atoms with E-state index in [2.05, 4.69) is 29.6 Å². The number of piperidine rings is 1. The summed E-state index contributed by atoms with van der Waals surface area (Å²) in [7, 11) is 0. The molecule has 0 saturated carbocycles. The molecule has 4 rings (SSSR count). The molecular formula is C28H34N2O5. The Morgan fingerprint density at radius 3 is 2.29 bits per heavy atom. The predicted molar refractivity (Wildman–Crippen MR) is 133 cm³/mol. The minimum atomic E-state index is -0.848. The first kappa shape index (κ1) is 24.8. The number of hydrogen-bond acceptors (Lipinski definition) is 4. The number of nitrogens with zero attached hydrogens (tertiary/aromatic N) is 1. The van der Waals surface area contributed by atoms with Crippen LogP contribution in [-0.4, -0.2) is 53.7 Å². The van der Waals surface area contributed by atoms with Crippen molar-refractivity contribution in [3.63, 3.8) is 0 Å². The highest BCUT2D eigenvalue weighted by Gasteiger charge is 2.37. The third kappa shape index (κ3) is 5.50. The van der Waals surface area contributed by atoms with Gasteiger partial charge in [-0.2, -0.15) is 0 Å². The van der Waals surface area contributed by atoms with Gasteiger partial charge in [0.25, 0.3) is 0 Å². The quantitative estimate of drug-likeness (QED) is 0.568. The molecule has 1 aliphatic heterocycles. The molecule has 1 atom stereocenters. The van der Waals surface area contributed by atoms with Gasteiger partial charge in [-0.1, -0.05) is 48.5 Å². The molecule has 2 N–H and O–H groups in total. The molecule has 2 amide bonds. The van der Waals surface area contributed by atoms with Crippen molar-refractivity contribution in [1.82, 2.24) is 10.2 Å². The number of alkyl carbamates (subject to hydrolysis) is 1. The van der Waals surface area contributed by atoms with Crippen LogP contribution in [0.1, 0.15) is 63.0 Å². The van der Waals surface area contributed by atoms with Crippen molar-refractivity contribution in [3.8, 4) is 11.1 Å². The van der Waals surface area contributed by atoms with Crippen LogP contribution in [0.4, 0.5) is 4.79 Å². The molecule has 0 aromatic heterocycles. The molecule has 35 heavy (non-hydrogen) atoms. The molecule has 7 heteroatoms. The summed E-state index contributed by atoms with van der Waals surface area (Å²) in [5, 5.41) is 11.8. The molecule has 2 aliphatic rings. The van der Waals surface area contributed by atoms with Gasteiger partial charge in [-0.05, 0) is 61.8 Å². The van der Waals surface area contributed by atoms with Gasteiger partial charge in [-0.15, -0.1) is 0 Å². The van der Waals surface area contributed by atoms with E-state index < -0.39 is 17.5 Å². The molecule has 1 heterocycles. The van der Waals surface area contributed by atoms with E-state index in [-0.39, 0.29) is 37.4 Å². The molecule has 0 bridgehead atoms. The number of aliphatic carboxylic acids is 1. The zero-order chi connectivity index (χ0) is 25.0. The van der Waals surface area contributed by atoms with E-state index in [0.717, 1.165) is 30.4 Å². The molecule has 1 saturated heterocycles. The lowest BCUT2D eigenvalue weighted by Crippen LogP contribution is -2.52. The van der Waals surface area contributed by atoms with E-state index >= 15 is 0 Å². The van der Waals surface area contributed by atoms with Crippen LogP contribution < -0.4 is 5.32 Å². The standard InChI is InChI=1S/C28H34N2O5/c1-28(2,26(33)30-16-8-7-9-19(30)14-15-25(31)32)18-29-27(34)35-17-24-22-12-5-3-10-20(22)21-11-4-6-13-23(21)24/h3-6,10-13,19,24H,7-9,14-18H2,1-2H3,(H,29,34)(H,31,32). The van der Waals surface area contributed by atoms with Crippen LogP contribution in [0.5, 0.6) is 0 Å². The summed E-state index contributed by atoms with van der Waals surface area (Å²) in [5.74, 6) is -0.933. The minimum absolute atomic E-state index is 0.0221. The van der Waals surface area contributed by atoms with Crippen LogP contribution in [0, 0.1) is 5.41 Å². The number of rotatable bonds is 8. The first-order chi connectivity index (χ1) is 16.8. The molecule has 2 aromatic rings. The van der Waals surface area contributed by atoms with Gasteiger partial charge in [0.1, 0.15) is 6.61 Å². The van der Waals surface area contributed by atoms with Crippen LogP contribution in [0.2, 0.25) is 0 Å². The van der Waals surface area contributed by atoms with E-state index in [1.54, 1.807) is 0 Å². The van der Waals surface area contributed by atoms with Crippen LogP contribution in [0.15, 0.2) is 48.5 Å². The maximum Gasteiger partial charge on any atom is 0.407 e. The smallest absolute Gasteiger partial charge is 0.407 e. The van der Waals surface area contributed by atoms with Gasteiger partial charge in [0.2, 0.25) is 5.91 Å². The fourth-order valence-corrected chi connectivity index (χ4v) is 5.27. The molecule has 0 spiro atoms. The summed E-state index contributed by atoms with van der Waals surface area (Å²) < 4.78 is 5.61. The van der Waals surface area contributed by atoms with Crippen LogP contribution in [0.3, 0.4) is 0 Å². The first-order valence-electron chi connectivity index (χ1n) is 12.4. The Morgan fingerprint density at radius 2 is 1.66 bits per heavy atom. The average Bonchev–Trinajstić information content (AvgIpc) is 3.18. The number of carbonyl (C=O) groups excluding carboxylic acids is 2. The number of hydrogen-bond donors (Lipinski definition) is 2. The fraction of sp³-hybridized carbons (Fsp3) is 0.464. The largest absolute Gasteiger partial charge is 0.481 e. The maximum absolute atomic E-state index is 13.3. The van der Waals surface area contributed by atoms with E-state index in [0.29, 0.717) is 13.0 Å². The topological polar surface area (TPSA) is 95.9 Å². The number of carboxylic acids is 1. The summed E-state index contributed by atoms with van der Waals surface area (Å²) in [6.07, 6.45) is 2.67. The molecule has 186 valence electrons. The van der Waals surface area contributed by atoms with Gasteiger partial charge < -0.3 is 20.1 Å². The average molecular weight is 479 g/mol. The first-order valence-corrected chi connectivity index (χ1v) is 12.4. The van der Waals surface area contributed by atoms with Crippen molar-refractivity contribution in [3.05, 3.63) is 59.7 Å². The summed E-state index contributed by atoms with van der Waals surface area (Å²) in [6, 6.07) is 16.3. The number of nitrogens with one attached hydrogen (secondary N) is 1. The summed E-state index contributed by atoms with van der Waals surface area (Å²) >= 11 is 0. The van der Waals surface area contributed by atoms with Gasteiger partial charge in [-0.3, -0.25) is 9.59 Å². The van der Waals surface area contributed by atoms with Gasteiger partial charge in [0.15, 0.2) is 0 Å². The van der Waals surface area contributed by atoms with Gasteiger partial charge in [0.05, 0.1) is 5.41 Å². The van der Waals surface area contributed by atoms with Gasteiger partial charge >= 0.3 is 12.1 Å². The van der Waals surface area contributed by atoms with E-state index in [4.69, 9.17) is 9.84 Å². The normalized spacial score (nSPS) is 17.4. The van der Waals surface area contributed by atoms with Gasteiger partial charge in [-0.25, -0.2) is 4.79 Å². The Hall–Kier alpha value is -3.35. The Labute approximate surface area is 206 Å². The summed E-state index contributed by atoms with van der Waals surface area (Å²) in [4.78, 5) is 38.7. The molecule has 7 nitrogen and oxygen atoms in total. The lowest BCUT2D eigenvalue weighted by Gasteiger charge is -2.40. The second-order valence-electron chi connectivity index (χ2n) is 10.1. The number of benzene rings is 2. The van der Waals surface area contributed by atoms with Crippen molar-refractivity contribution in [2.75, 3.05) is 19.7 Å². The van der Waals surface area contributed by atoms with Crippen molar-refractivity contribution in [2.45, 2.75) is 57.9 Å². The van der Waals surface area contributed by atoms with Gasteiger partial charge in [0, 0.05) is 31.5 Å². The zero-order valence-electron chi connectivity index (χ0n) is 20.5. The lowest BCUT2D eigenvalue weighted by atomic mass is 9.88. The molecule has 1 aliphatic carbocycles. The van der Waals surface area contributed by atoms with E-state index in [9.17, 15) is 14.4 Å². The molecule has 2 aromatic carbocycles. The maximum atomic E-state index is 13.3. The number of amides is 2. The van der Waals surface area contributed by atoms with E-state index in [1.807, 2.05) is 43.0 Å². The monoisotopic (exact) mass is 478 g/mol. The fourth-order valence-electron chi connectivity index (χ4n) is 5.27. The highest BCUT2D eigenvalue weighted by molar-refractivity contribution is 5.83. The van der Waals surface area contributed by atoms with Crippen LogP contribution in [0.25, 0.3) is 11.1 Å². The van der Waals surface area contributed by atoms with E-state index in [1.165, 1.54) is 11.1 Å². The van der Waals surface area contributed by atoms with Crippen molar-refractivity contribution in [1.29, 1.82) is 0 Å². The number of carbonyl (C=O) groups is 3. The SMILES string of the molecule is CC(C)(CNC(=O)OCC1c2ccccc2-c2ccccc21)C(=O)N1CCCCC1CCC(=O)O. The summed E-state index contributed by atoms with van der Waals surface area (Å²) in [6.45, 7) is 4.60. The molecule has 1 unspecified atom stereocenters. The summed E-state index contributed by atoms with van der Waals surface area (Å²) in [5.41, 5.74) is 3.80. The Morgan fingerprint density at radius 1 is 1.03 bits per heavy atom. The highest BCUT2D eigenvalue weighted by atomic mass is 16.5. The second kappa shape index (κ2) is 10.5. The Bertz CT molecular complexity index is 1050. The molecular weight excluding hydrogens is 444 g/mol. The number of ether oxygens (including phenoxy) is 1. The number of carboxylic acid groups (broad SMARTS) is 1. The Kier molecular flexibility index (Phi) is 7.43. The minimum Gasteiger partial charge on any atom is -0.481 e. The van der Waals surface area contributed by atoms with Crippen molar-refractivity contribution in [2.24, 2.45) is 5.41 Å². The third-order valence-corrected chi connectivity index (χ3v) is 7.18. The van der Waals surface area contributed by atoms with Crippen molar-refractivity contribution >= 4 is 18.0 Å². The second-order valence-corrected chi connectivity index (χ2v) is 10.1. The molecule has 0 radical (unpaired) electrons.